The first-order valence-corrected chi connectivity index (χ1v) is 8.06. The smallest absolute Gasteiger partial charge is 0.331 e. The second-order valence-corrected chi connectivity index (χ2v) is 6.46. The molecule has 0 amide bonds. The lowest BCUT2D eigenvalue weighted by Crippen LogP contribution is -2.20. The molecule has 0 aliphatic heterocycles. The quantitative estimate of drug-likeness (QED) is 0.588. The molecule has 1 aliphatic rings. The van der Waals surface area contributed by atoms with Crippen LogP contribution < -0.4 is 0 Å². The fraction of sp³-hybridized carbons (Fsp3) is 0.368. The summed E-state index contributed by atoms with van der Waals surface area (Å²) in [6.07, 6.45) is 2.61. The highest BCUT2D eigenvalue weighted by Crippen LogP contribution is 2.46. The molecule has 1 unspecified atom stereocenters. The molecule has 1 aromatic carbocycles. The van der Waals surface area contributed by atoms with Gasteiger partial charge in [0.25, 0.3) is 0 Å². The molecule has 2 atom stereocenters. The highest BCUT2D eigenvalue weighted by atomic mass is 16.4. The molecule has 0 aromatic heterocycles. The van der Waals surface area contributed by atoms with Gasteiger partial charge in [0, 0.05) is 23.5 Å². The SMILES string of the molecule is C=C(C)[C@@H]1CCC(C(=O)O)=CC1c1c(O)cc(CCC(=O)O)cc1O. The van der Waals surface area contributed by atoms with Gasteiger partial charge in [-0.15, -0.1) is 0 Å². The normalized spacial score (nSPS) is 20.0. The van der Waals surface area contributed by atoms with E-state index in [2.05, 4.69) is 6.58 Å². The molecular weight excluding hydrogens is 324 g/mol. The van der Waals surface area contributed by atoms with Gasteiger partial charge in [0.15, 0.2) is 0 Å². The molecule has 2 rings (SSSR count). The third-order valence-corrected chi connectivity index (χ3v) is 4.60. The van der Waals surface area contributed by atoms with E-state index in [1.54, 1.807) is 6.08 Å². The van der Waals surface area contributed by atoms with E-state index < -0.39 is 17.9 Å². The summed E-state index contributed by atoms with van der Waals surface area (Å²) in [5.74, 6) is -2.90. The summed E-state index contributed by atoms with van der Waals surface area (Å²) >= 11 is 0. The summed E-state index contributed by atoms with van der Waals surface area (Å²) in [5, 5.41) is 38.8. The minimum atomic E-state index is -1.01. The number of hydrogen-bond acceptors (Lipinski definition) is 4. The Morgan fingerprint density at radius 3 is 2.28 bits per heavy atom. The van der Waals surface area contributed by atoms with Crippen LogP contribution in [0.15, 0.2) is 35.9 Å². The van der Waals surface area contributed by atoms with Gasteiger partial charge < -0.3 is 20.4 Å². The van der Waals surface area contributed by atoms with Crippen LogP contribution in [0.2, 0.25) is 0 Å². The van der Waals surface area contributed by atoms with Gasteiger partial charge in [0.2, 0.25) is 0 Å². The Kier molecular flexibility index (Phi) is 5.51. The Morgan fingerprint density at radius 1 is 1.20 bits per heavy atom. The number of aryl methyl sites for hydroxylation is 1. The van der Waals surface area contributed by atoms with Gasteiger partial charge in [-0.05, 0) is 49.8 Å². The van der Waals surface area contributed by atoms with Gasteiger partial charge >= 0.3 is 11.9 Å². The molecule has 6 heteroatoms. The summed E-state index contributed by atoms with van der Waals surface area (Å²) in [5.41, 5.74) is 1.85. The first-order valence-electron chi connectivity index (χ1n) is 8.06. The average Bonchev–Trinajstić information content (AvgIpc) is 2.51. The standard InChI is InChI=1S/C19H22O6/c1-10(2)13-5-4-12(19(24)25)9-14(13)18-15(20)7-11(8-16(18)21)3-6-17(22)23/h7-9,13-14,20-21H,1,3-6H2,2H3,(H,22,23)(H,24,25)/t13-,14?/m0/s1. The van der Waals surface area contributed by atoms with E-state index in [0.29, 0.717) is 18.4 Å². The monoisotopic (exact) mass is 346 g/mol. The molecule has 0 bridgehead atoms. The molecule has 1 aromatic rings. The van der Waals surface area contributed by atoms with Crippen LogP contribution in [0.5, 0.6) is 11.5 Å². The van der Waals surface area contributed by atoms with Gasteiger partial charge in [-0.2, -0.15) is 0 Å². The summed E-state index contributed by atoms with van der Waals surface area (Å²) in [7, 11) is 0. The van der Waals surface area contributed by atoms with Crippen molar-refractivity contribution >= 4 is 11.9 Å². The summed E-state index contributed by atoms with van der Waals surface area (Å²) in [6, 6.07) is 2.85. The molecule has 0 saturated carbocycles. The lowest BCUT2D eigenvalue weighted by molar-refractivity contribution is -0.137. The van der Waals surface area contributed by atoms with E-state index in [9.17, 15) is 24.9 Å². The van der Waals surface area contributed by atoms with Crippen molar-refractivity contribution in [3.05, 3.63) is 47.1 Å². The second kappa shape index (κ2) is 7.42. The van der Waals surface area contributed by atoms with Gasteiger partial charge in [-0.3, -0.25) is 4.79 Å². The Labute approximate surface area is 145 Å². The van der Waals surface area contributed by atoms with Gasteiger partial charge in [-0.1, -0.05) is 18.2 Å². The molecule has 6 nitrogen and oxygen atoms in total. The number of aromatic hydroxyl groups is 2. The predicted octanol–water partition coefficient (Wildman–Crippen LogP) is 3.20. The number of carboxylic acids is 2. The predicted molar refractivity (Wildman–Crippen MR) is 91.7 cm³/mol. The number of phenolic OH excluding ortho intramolecular Hbond substituents is 2. The van der Waals surface area contributed by atoms with Crippen molar-refractivity contribution in [3.63, 3.8) is 0 Å². The fourth-order valence-corrected chi connectivity index (χ4v) is 3.34. The molecule has 0 heterocycles. The van der Waals surface area contributed by atoms with Crippen LogP contribution in [-0.2, 0) is 16.0 Å². The van der Waals surface area contributed by atoms with E-state index >= 15 is 0 Å². The average molecular weight is 346 g/mol. The number of carbonyl (C=O) groups is 2. The van der Waals surface area contributed by atoms with Crippen molar-refractivity contribution < 1.29 is 30.0 Å². The van der Waals surface area contributed by atoms with E-state index in [0.717, 1.165) is 5.57 Å². The molecular formula is C19H22O6. The van der Waals surface area contributed by atoms with Crippen LogP contribution in [-0.4, -0.2) is 32.4 Å². The minimum absolute atomic E-state index is 0.0928. The van der Waals surface area contributed by atoms with E-state index in [1.165, 1.54) is 12.1 Å². The molecule has 4 N–H and O–H groups in total. The summed E-state index contributed by atoms with van der Waals surface area (Å²) in [6.45, 7) is 5.78. The van der Waals surface area contributed by atoms with Crippen molar-refractivity contribution in [2.45, 2.75) is 38.5 Å². The number of benzene rings is 1. The second-order valence-electron chi connectivity index (χ2n) is 6.46. The van der Waals surface area contributed by atoms with E-state index in [4.69, 9.17) is 5.11 Å². The van der Waals surface area contributed by atoms with Crippen LogP contribution in [0.3, 0.4) is 0 Å². The lowest BCUT2D eigenvalue weighted by atomic mass is 9.73. The van der Waals surface area contributed by atoms with Crippen LogP contribution in [0.4, 0.5) is 0 Å². The summed E-state index contributed by atoms with van der Waals surface area (Å²) in [4.78, 5) is 22.0. The highest BCUT2D eigenvalue weighted by molar-refractivity contribution is 5.87. The Hall–Kier alpha value is -2.76. The highest BCUT2D eigenvalue weighted by Gasteiger charge is 2.32. The van der Waals surface area contributed by atoms with Crippen molar-refractivity contribution in [3.8, 4) is 11.5 Å². The molecule has 0 radical (unpaired) electrons. The number of hydrogen-bond donors (Lipinski definition) is 4. The van der Waals surface area contributed by atoms with Gasteiger partial charge in [-0.25, -0.2) is 4.79 Å². The van der Waals surface area contributed by atoms with Crippen molar-refractivity contribution in [1.82, 2.24) is 0 Å². The number of rotatable bonds is 6. The maximum absolute atomic E-state index is 11.3. The summed E-state index contributed by atoms with van der Waals surface area (Å²) < 4.78 is 0. The molecule has 0 fully saturated rings. The third-order valence-electron chi connectivity index (χ3n) is 4.60. The van der Waals surface area contributed by atoms with Crippen molar-refractivity contribution in [1.29, 1.82) is 0 Å². The Bertz CT molecular complexity index is 723. The van der Waals surface area contributed by atoms with Crippen LogP contribution in [0, 0.1) is 5.92 Å². The van der Waals surface area contributed by atoms with Crippen LogP contribution >= 0.6 is 0 Å². The molecule has 134 valence electrons. The van der Waals surface area contributed by atoms with Gasteiger partial charge in [0.1, 0.15) is 11.5 Å². The number of allylic oxidation sites excluding steroid dienone is 2. The van der Waals surface area contributed by atoms with Gasteiger partial charge in [0.05, 0.1) is 0 Å². The minimum Gasteiger partial charge on any atom is -0.507 e. The third kappa shape index (κ3) is 4.21. The zero-order chi connectivity index (χ0) is 18.7. The van der Waals surface area contributed by atoms with E-state index in [1.807, 2.05) is 6.92 Å². The number of carboxylic acid groups (broad SMARTS) is 2. The zero-order valence-corrected chi connectivity index (χ0v) is 14.0. The van der Waals surface area contributed by atoms with Crippen molar-refractivity contribution in [2.24, 2.45) is 5.92 Å². The fourth-order valence-electron chi connectivity index (χ4n) is 3.34. The lowest BCUT2D eigenvalue weighted by Gasteiger charge is -2.31. The Balaban J connectivity index is 2.45. The molecule has 0 saturated heterocycles. The molecule has 1 aliphatic carbocycles. The zero-order valence-electron chi connectivity index (χ0n) is 14.0. The molecule has 25 heavy (non-hydrogen) atoms. The topological polar surface area (TPSA) is 115 Å². The van der Waals surface area contributed by atoms with Crippen molar-refractivity contribution in [2.75, 3.05) is 0 Å². The Morgan fingerprint density at radius 2 is 1.80 bits per heavy atom. The maximum Gasteiger partial charge on any atom is 0.331 e. The molecule has 0 spiro atoms. The van der Waals surface area contributed by atoms with E-state index in [-0.39, 0.29) is 41.4 Å². The van der Waals surface area contributed by atoms with Crippen LogP contribution in [0.1, 0.15) is 43.2 Å². The maximum atomic E-state index is 11.3. The van der Waals surface area contributed by atoms with Crippen LogP contribution in [0.25, 0.3) is 0 Å². The largest absolute Gasteiger partial charge is 0.507 e. The number of aliphatic carboxylic acids is 2. The first-order chi connectivity index (χ1) is 11.7. The first kappa shape index (κ1) is 18.6. The number of phenols is 2.